The minimum absolute atomic E-state index is 0.206. The first-order chi connectivity index (χ1) is 9.51. The molecule has 0 aromatic heterocycles. The smallest absolute Gasteiger partial charge is 0.275 e. The van der Waals surface area contributed by atoms with Gasteiger partial charge in [0.1, 0.15) is 0 Å². The standard InChI is InChI=1S/C14H12Cl2N2O2/c15-11-7-3-1-5-9(11)14(20,13(19)18-17)10-6-2-4-8-12(10)16/h1-8,20H,17H2,(H,18,19). The molecule has 0 saturated carbocycles. The normalized spacial score (nSPS) is 11.2. The molecular formula is C14H12Cl2N2O2. The summed E-state index contributed by atoms with van der Waals surface area (Å²) in [5.41, 5.74) is 0.299. The predicted molar refractivity (Wildman–Crippen MR) is 78.2 cm³/mol. The zero-order valence-electron chi connectivity index (χ0n) is 10.3. The van der Waals surface area contributed by atoms with Gasteiger partial charge in [0, 0.05) is 21.2 Å². The van der Waals surface area contributed by atoms with Crippen molar-refractivity contribution in [3.8, 4) is 0 Å². The molecule has 0 saturated heterocycles. The first-order valence-electron chi connectivity index (χ1n) is 5.75. The lowest BCUT2D eigenvalue weighted by Gasteiger charge is -2.28. The summed E-state index contributed by atoms with van der Waals surface area (Å²) in [5.74, 6) is 4.37. The molecule has 104 valence electrons. The third-order valence-corrected chi connectivity index (χ3v) is 3.65. The third kappa shape index (κ3) is 2.39. The van der Waals surface area contributed by atoms with E-state index in [-0.39, 0.29) is 21.2 Å². The molecule has 6 heteroatoms. The molecule has 0 spiro atoms. The van der Waals surface area contributed by atoms with Crippen LogP contribution < -0.4 is 11.3 Å². The van der Waals surface area contributed by atoms with E-state index in [4.69, 9.17) is 29.0 Å². The van der Waals surface area contributed by atoms with Crippen LogP contribution in [0.1, 0.15) is 11.1 Å². The van der Waals surface area contributed by atoms with Crippen molar-refractivity contribution in [3.63, 3.8) is 0 Å². The minimum Gasteiger partial charge on any atom is -0.372 e. The van der Waals surface area contributed by atoms with Crippen LogP contribution in [0, 0.1) is 0 Å². The predicted octanol–water partition coefficient (Wildman–Crippen LogP) is 2.22. The molecule has 0 aliphatic carbocycles. The van der Waals surface area contributed by atoms with Crippen LogP contribution in [0.3, 0.4) is 0 Å². The molecule has 0 radical (unpaired) electrons. The second-order valence-electron chi connectivity index (χ2n) is 4.14. The summed E-state index contributed by atoms with van der Waals surface area (Å²) in [7, 11) is 0. The molecule has 1 amide bonds. The van der Waals surface area contributed by atoms with Crippen LogP contribution >= 0.6 is 23.2 Å². The van der Waals surface area contributed by atoms with Gasteiger partial charge in [0.25, 0.3) is 5.91 Å². The summed E-state index contributed by atoms with van der Waals surface area (Å²) < 4.78 is 0. The average Bonchev–Trinajstić information content (AvgIpc) is 2.46. The molecule has 0 atom stereocenters. The fourth-order valence-corrected chi connectivity index (χ4v) is 2.55. The summed E-state index contributed by atoms with van der Waals surface area (Å²) in [5, 5.41) is 11.4. The Bertz CT molecular complexity index is 601. The van der Waals surface area contributed by atoms with Crippen LogP contribution in [0.4, 0.5) is 0 Å². The van der Waals surface area contributed by atoms with Gasteiger partial charge in [-0.2, -0.15) is 0 Å². The van der Waals surface area contributed by atoms with Crippen molar-refractivity contribution >= 4 is 29.1 Å². The summed E-state index contributed by atoms with van der Waals surface area (Å²) in [4.78, 5) is 12.1. The van der Waals surface area contributed by atoms with Crippen molar-refractivity contribution in [2.75, 3.05) is 0 Å². The topological polar surface area (TPSA) is 75.3 Å². The van der Waals surface area contributed by atoms with E-state index < -0.39 is 11.5 Å². The van der Waals surface area contributed by atoms with E-state index in [1.165, 1.54) is 0 Å². The van der Waals surface area contributed by atoms with Gasteiger partial charge in [0.2, 0.25) is 0 Å². The van der Waals surface area contributed by atoms with Gasteiger partial charge in [-0.3, -0.25) is 10.2 Å². The molecule has 20 heavy (non-hydrogen) atoms. The second kappa shape index (κ2) is 5.81. The van der Waals surface area contributed by atoms with E-state index in [1.54, 1.807) is 48.5 Å². The molecule has 2 rings (SSSR count). The quantitative estimate of drug-likeness (QED) is 0.462. The summed E-state index contributed by atoms with van der Waals surface area (Å²) >= 11 is 12.2. The molecule has 0 fully saturated rings. The fourth-order valence-electron chi connectivity index (χ4n) is 2.00. The third-order valence-electron chi connectivity index (χ3n) is 2.99. The lowest BCUT2D eigenvalue weighted by atomic mass is 9.85. The Balaban J connectivity index is 2.74. The second-order valence-corrected chi connectivity index (χ2v) is 4.96. The van der Waals surface area contributed by atoms with Crippen LogP contribution in [0.5, 0.6) is 0 Å². The first-order valence-corrected chi connectivity index (χ1v) is 6.51. The van der Waals surface area contributed by atoms with E-state index in [0.29, 0.717) is 0 Å². The number of benzene rings is 2. The summed E-state index contributed by atoms with van der Waals surface area (Å²) in [6.45, 7) is 0. The molecule has 0 bridgehead atoms. The first kappa shape index (κ1) is 14.8. The zero-order chi connectivity index (χ0) is 14.8. The van der Waals surface area contributed by atoms with E-state index in [0.717, 1.165) is 0 Å². The number of hydrogen-bond donors (Lipinski definition) is 3. The molecule has 0 aliphatic rings. The largest absolute Gasteiger partial charge is 0.372 e. The van der Waals surface area contributed by atoms with Crippen molar-refractivity contribution in [2.45, 2.75) is 5.60 Å². The number of hydrazine groups is 1. The lowest BCUT2D eigenvalue weighted by Crippen LogP contribution is -2.48. The van der Waals surface area contributed by atoms with Crippen LogP contribution in [-0.4, -0.2) is 11.0 Å². The lowest BCUT2D eigenvalue weighted by molar-refractivity contribution is -0.136. The average molecular weight is 311 g/mol. The number of rotatable bonds is 3. The highest BCUT2D eigenvalue weighted by molar-refractivity contribution is 6.33. The van der Waals surface area contributed by atoms with Gasteiger partial charge in [-0.15, -0.1) is 0 Å². The number of nitrogens with two attached hydrogens (primary N) is 1. The SMILES string of the molecule is NNC(=O)C(O)(c1ccccc1Cl)c1ccccc1Cl. The molecular weight excluding hydrogens is 299 g/mol. The maximum atomic E-state index is 12.1. The maximum Gasteiger partial charge on any atom is 0.275 e. The Kier molecular flexibility index (Phi) is 4.30. The number of nitrogens with one attached hydrogen (secondary N) is 1. The zero-order valence-corrected chi connectivity index (χ0v) is 11.8. The molecule has 2 aromatic rings. The molecule has 0 heterocycles. The van der Waals surface area contributed by atoms with Crippen LogP contribution in [0.15, 0.2) is 48.5 Å². The highest BCUT2D eigenvalue weighted by Gasteiger charge is 2.42. The number of hydrogen-bond acceptors (Lipinski definition) is 3. The van der Waals surface area contributed by atoms with Crippen LogP contribution in [0.25, 0.3) is 0 Å². The summed E-state index contributed by atoms with van der Waals surface area (Å²) in [6.07, 6.45) is 0. The molecule has 0 unspecified atom stereocenters. The van der Waals surface area contributed by atoms with Crippen molar-refractivity contribution in [3.05, 3.63) is 69.7 Å². The van der Waals surface area contributed by atoms with Crippen LogP contribution in [0.2, 0.25) is 10.0 Å². The van der Waals surface area contributed by atoms with Gasteiger partial charge in [0.05, 0.1) is 0 Å². The van der Waals surface area contributed by atoms with Gasteiger partial charge in [-0.1, -0.05) is 59.6 Å². The minimum atomic E-state index is -2.06. The highest BCUT2D eigenvalue weighted by atomic mass is 35.5. The van der Waals surface area contributed by atoms with Gasteiger partial charge in [0.15, 0.2) is 5.60 Å². The number of carbonyl (C=O) groups is 1. The Hall–Kier alpha value is -1.59. The number of amides is 1. The number of halogens is 2. The van der Waals surface area contributed by atoms with Gasteiger partial charge in [-0.05, 0) is 12.1 Å². The van der Waals surface area contributed by atoms with E-state index in [1.807, 2.05) is 5.43 Å². The highest BCUT2D eigenvalue weighted by Crippen LogP contribution is 2.37. The van der Waals surface area contributed by atoms with Crippen LogP contribution in [-0.2, 0) is 10.4 Å². The molecule has 2 aromatic carbocycles. The van der Waals surface area contributed by atoms with Crippen molar-refractivity contribution in [1.29, 1.82) is 0 Å². The van der Waals surface area contributed by atoms with Crippen molar-refractivity contribution < 1.29 is 9.90 Å². The molecule has 4 N–H and O–H groups in total. The summed E-state index contributed by atoms with van der Waals surface area (Å²) in [6, 6.07) is 12.9. The van der Waals surface area contributed by atoms with Gasteiger partial charge >= 0.3 is 0 Å². The Labute approximate surface area is 126 Å². The molecule has 0 aliphatic heterocycles. The Morgan fingerprint density at radius 1 is 1.00 bits per heavy atom. The fraction of sp³-hybridized carbons (Fsp3) is 0.0714. The van der Waals surface area contributed by atoms with E-state index >= 15 is 0 Å². The van der Waals surface area contributed by atoms with Gasteiger partial charge in [-0.25, -0.2) is 5.84 Å². The number of carbonyl (C=O) groups excluding carboxylic acids is 1. The number of aliphatic hydroxyl groups is 1. The van der Waals surface area contributed by atoms with Gasteiger partial charge < -0.3 is 5.11 Å². The monoisotopic (exact) mass is 310 g/mol. The maximum absolute atomic E-state index is 12.1. The Morgan fingerprint density at radius 2 is 1.40 bits per heavy atom. The van der Waals surface area contributed by atoms with E-state index in [2.05, 4.69) is 0 Å². The van der Waals surface area contributed by atoms with Crippen molar-refractivity contribution in [2.24, 2.45) is 5.84 Å². The molecule has 4 nitrogen and oxygen atoms in total. The van der Waals surface area contributed by atoms with E-state index in [9.17, 15) is 9.90 Å². The Morgan fingerprint density at radius 3 is 1.75 bits per heavy atom. The van der Waals surface area contributed by atoms with Crippen molar-refractivity contribution in [1.82, 2.24) is 5.43 Å².